The third-order valence-corrected chi connectivity index (χ3v) is 6.44. The summed E-state index contributed by atoms with van der Waals surface area (Å²) in [5, 5.41) is 18.1. The van der Waals surface area contributed by atoms with Crippen molar-refractivity contribution in [3.05, 3.63) is 67.0 Å². The Morgan fingerprint density at radius 1 is 1.09 bits per heavy atom. The number of anilines is 1. The SMILES string of the molecule is CCOc1ccc(S(=O)(=O)N(CC(=O)N=Nc2c(O)[nH]c3ccccc23)c2ncccn2)cc1. The number of benzene rings is 2. The second kappa shape index (κ2) is 9.67. The standard InChI is InChI=1S/C22H20N6O5S/c1-2-33-15-8-10-16(11-9-15)34(31,32)28(22-23-12-5-13-24-22)14-19(29)26-27-20-17-6-3-4-7-18(17)25-21(20)30/h3-13,25,30H,2,14H2,1H3. The molecule has 2 N–H and O–H groups in total. The summed E-state index contributed by atoms with van der Waals surface area (Å²) in [6.45, 7) is 1.54. The van der Waals surface area contributed by atoms with Crippen LogP contribution in [0, 0.1) is 0 Å². The molecule has 0 radical (unpaired) electrons. The molecule has 0 atom stereocenters. The molecule has 11 nitrogen and oxygen atoms in total. The number of nitrogens with one attached hydrogen (secondary N) is 1. The van der Waals surface area contributed by atoms with Crippen molar-refractivity contribution in [2.24, 2.45) is 10.2 Å². The van der Waals surface area contributed by atoms with Crippen LogP contribution in [0.1, 0.15) is 6.92 Å². The lowest BCUT2D eigenvalue weighted by Gasteiger charge is -2.20. The van der Waals surface area contributed by atoms with E-state index in [2.05, 4.69) is 25.2 Å². The first kappa shape index (κ1) is 22.9. The van der Waals surface area contributed by atoms with Crippen molar-refractivity contribution in [1.29, 1.82) is 0 Å². The second-order valence-electron chi connectivity index (χ2n) is 6.93. The number of sulfonamides is 1. The zero-order chi connectivity index (χ0) is 24.1. The maximum atomic E-state index is 13.3. The van der Waals surface area contributed by atoms with Crippen LogP contribution in [0.15, 0.2) is 82.1 Å². The zero-order valence-corrected chi connectivity index (χ0v) is 18.8. The molecule has 0 fully saturated rings. The summed E-state index contributed by atoms with van der Waals surface area (Å²) in [5.74, 6) is -0.836. The summed E-state index contributed by atoms with van der Waals surface area (Å²) in [6, 6.07) is 14.2. The highest BCUT2D eigenvalue weighted by Crippen LogP contribution is 2.35. The monoisotopic (exact) mass is 480 g/mol. The van der Waals surface area contributed by atoms with E-state index >= 15 is 0 Å². The molecule has 1 amide bonds. The van der Waals surface area contributed by atoms with E-state index < -0.39 is 22.5 Å². The van der Waals surface area contributed by atoms with Gasteiger partial charge in [0.1, 0.15) is 12.3 Å². The number of ether oxygens (including phenoxy) is 1. The molecule has 12 heteroatoms. The highest BCUT2D eigenvalue weighted by molar-refractivity contribution is 7.92. The molecule has 0 saturated carbocycles. The molecule has 0 bridgehead atoms. The number of carbonyl (C=O) groups excluding carboxylic acids is 1. The van der Waals surface area contributed by atoms with Crippen LogP contribution in [0.3, 0.4) is 0 Å². The minimum Gasteiger partial charge on any atom is -0.494 e. The van der Waals surface area contributed by atoms with E-state index in [0.29, 0.717) is 23.3 Å². The van der Waals surface area contributed by atoms with E-state index in [1.54, 1.807) is 24.3 Å². The van der Waals surface area contributed by atoms with Crippen LogP contribution in [-0.4, -0.2) is 47.5 Å². The largest absolute Gasteiger partial charge is 0.494 e. The third kappa shape index (κ3) is 4.71. The number of fused-ring (bicyclic) bond motifs is 1. The number of aromatic nitrogens is 3. The van der Waals surface area contributed by atoms with Gasteiger partial charge in [-0.05, 0) is 43.3 Å². The molecule has 2 aromatic heterocycles. The van der Waals surface area contributed by atoms with Gasteiger partial charge in [0.05, 0.1) is 17.0 Å². The Hall–Kier alpha value is -4.32. The number of azo groups is 1. The van der Waals surface area contributed by atoms with E-state index in [4.69, 9.17) is 4.74 Å². The van der Waals surface area contributed by atoms with Crippen molar-refractivity contribution in [3.8, 4) is 11.6 Å². The first-order valence-electron chi connectivity index (χ1n) is 10.2. The van der Waals surface area contributed by atoms with Crippen molar-refractivity contribution in [2.75, 3.05) is 17.5 Å². The molecule has 0 aliphatic heterocycles. The number of H-pyrrole nitrogens is 1. The Morgan fingerprint density at radius 3 is 2.50 bits per heavy atom. The highest BCUT2D eigenvalue weighted by Gasteiger charge is 2.29. The number of para-hydroxylation sites is 1. The minimum atomic E-state index is -4.22. The Labute approximate surface area is 194 Å². The molecule has 0 unspecified atom stereocenters. The minimum absolute atomic E-state index is 0.0702. The smallest absolute Gasteiger partial charge is 0.285 e. The van der Waals surface area contributed by atoms with E-state index in [0.717, 1.165) is 4.31 Å². The Balaban J connectivity index is 1.63. The number of rotatable bonds is 8. The normalized spacial score (nSPS) is 11.7. The average Bonchev–Trinajstić information content (AvgIpc) is 3.17. The molecule has 0 aliphatic carbocycles. The number of hydrogen-bond acceptors (Lipinski definition) is 8. The summed E-state index contributed by atoms with van der Waals surface area (Å²) in [5.41, 5.74) is 0.680. The van der Waals surface area contributed by atoms with Gasteiger partial charge in [-0.2, -0.15) is 0 Å². The first-order valence-corrected chi connectivity index (χ1v) is 11.6. The maximum absolute atomic E-state index is 13.3. The van der Waals surface area contributed by atoms with Gasteiger partial charge in [-0.1, -0.05) is 18.2 Å². The Morgan fingerprint density at radius 2 is 1.79 bits per heavy atom. The van der Waals surface area contributed by atoms with Gasteiger partial charge in [0.25, 0.3) is 15.9 Å². The maximum Gasteiger partial charge on any atom is 0.285 e. The van der Waals surface area contributed by atoms with Crippen molar-refractivity contribution in [1.82, 2.24) is 15.0 Å². The highest BCUT2D eigenvalue weighted by atomic mass is 32.2. The van der Waals surface area contributed by atoms with Gasteiger partial charge < -0.3 is 14.8 Å². The van der Waals surface area contributed by atoms with Crippen molar-refractivity contribution >= 4 is 38.5 Å². The van der Waals surface area contributed by atoms with Crippen LogP contribution in [0.2, 0.25) is 0 Å². The van der Waals surface area contributed by atoms with Gasteiger partial charge in [-0.3, -0.25) is 4.79 Å². The number of aromatic hydroxyl groups is 1. The van der Waals surface area contributed by atoms with Crippen molar-refractivity contribution < 1.29 is 23.1 Å². The van der Waals surface area contributed by atoms with E-state index in [1.165, 1.54) is 42.7 Å². The second-order valence-corrected chi connectivity index (χ2v) is 8.79. The number of carbonyl (C=O) groups is 1. The van der Waals surface area contributed by atoms with Crippen LogP contribution >= 0.6 is 0 Å². The van der Waals surface area contributed by atoms with E-state index in [9.17, 15) is 18.3 Å². The fraction of sp³-hybridized carbons (Fsp3) is 0.136. The van der Waals surface area contributed by atoms with E-state index in [-0.39, 0.29) is 22.4 Å². The Bertz CT molecular complexity index is 1440. The molecule has 2 aromatic carbocycles. The van der Waals surface area contributed by atoms with Crippen LogP contribution in [0.4, 0.5) is 11.6 Å². The van der Waals surface area contributed by atoms with Gasteiger partial charge in [0, 0.05) is 17.8 Å². The summed E-state index contributed by atoms with van der Waals surface area (Å²) in [4.78, 5) is 23.3. The van der Waals surface area contributed by atoms with Gasteiger partial charge in [-0.25, -0.2) is 22.7 Å². The predicted molar refractivity (Wildman–Crippen MR) is 124 cm³/mol. The van der Waals surface area contributed by atoms with Gasteiger partial charge in [0.15, 0.2) is 5.69 Å². The lowest BCUT2D eigenvalue weighted by Crippen LogP contribution is -2.36. The third-order valence-electron chi connectivity index (χ3n) is 4.70. The van der Waals surface area contributed by atoms with Crippen LogP contribution < -0.4 is 9.04 Å². The molecule has 174 valence electrons. The number of hydrogen-bond donors (Lipinski definition) is 2. The average molecular weight is 481 g/mol. The summed E-state index contributed by atoms with van der Waals surface area (Å²) in [7, 11) is -4.22. The Kier molecular flexibility index (Phi) is 6.50. The number of amides is 1. The van der Waals surface area contributed by atoms with Gasteiger partial charge in [0.2, 0.25) is 11.8 Å². The molecule has 0 saturated heterocycles. The molecular formula is C22H20N6O5S. The molecule has 0 aliphatic rings. The van der Waals surface area contributed by atoms with Gasteiger partial charge in [-0.15, -0.1) is 10.2 Å². The van der Waals surface area contributed by atoms with Crippen LogP contribution in [-0.2, 0) is 14.8 Å². The predicted octanol–water partition coefficient (Wildman–Crippen LogP) is 3.57. The molecule has 4 rings (SSSR count). The number of nitrogens with zero attached hydrogens (tertiary/aromatic N) is 5. The topological polar surface area (TPSA) is 150 Å². The lowest BCUT2D eigenvalue weighted by atomic mass is 10.2. The van der Waals surface area contributed by atoms with E-state index in [1.807, 2.05) is 6.92 Å². The summed E-state index contributed by atoms with van der Waals surface area (Å²) >= 11 is 0. The van der Waals surface area contributed by atoms with Crippen LogP contribution in [0.25, 0.3) is 10.9 Å². The number of aromatic amines is 1. The summed E-state index contributed by atoms with van der Waals surface area (Å²) in [6.07, 6.45) is 2.72. The zero-order valence-electron chi connectivity index (χ0n) is 18.0. The molecule has 2 heterocycles. The van der Waals surface area contributed by atoms with Gasteiger partial charge >= 0.3 is 0 Å². The fourth-order valence-corrected chi connectivity index (χ4v) is 4.48. The lowest BCUT2D eigenvalue weighted by molar-refractivity contribution is -0.116. The molecule has 0 spiro atoms. The molecular weight excluding hydrogens is 460 g/mol. The van der Waals surface area contributed by atoms with Crippen molar-refractivity contribution in [2.45, 2.75) is 11.8 Å². The van der Waals surface area contributed by atoms with Crippen molar-refractivity contribution in [3.63, 3.8) is 0 Å². The molecule has 4 aromatic rings. The molecule has 34 heavy (non-hydrogen) atoms. The summed E-state index contributed by atoms with van der Waals surface area (Å²) < 4.78 is 32.8. The fourth-order valence-electron chi connectivity index (χ4n) is 3.16. The quantitative estimate of drug-likeness (QED) is 0.366. The first-order chi connectivity index (χ1) is 16.4. The van der Waals surface area contributed by atoms with Crippen LogP contribution in [0.5, 0.6) is 11.6 Å².